The summed E-state index contributed by atoms with van der Waals surface area (Å²) in [7, 11) is 0. The van der Waals surface area contributed by atoms with Gasteiger partial charge >= 0.3 is 0 Å². The number of hydrogen-bond donors (Lipinski definition) is 1. The Balaban J connectivity index is 1.76. The van der Waals surface area contributed by atoms with Crippen molar-refractivity contribution in [3.05, 3.63) is 30.1 Å². The Kier molecular flexibility index (Phi) is 7.14. The first kappa shape index (κ1) is 18.4. The maximum atomic E-state index is 13.8. The van der Waals surface area contributed by atoms with Crippen LogP contribution in [0.25, 0.3) is 0 Å². The minimum atomic E-state index is -0.472. The molecule has 0 atom stereocenters. The standard InChI is InChI=1S/C17H24FN3O3/c1-14(22)21(16-5-3-2-4-15(16)18)8-6-17(23)19-7-9-20-10-12-24-13-11-20/h2-5H,6-13H2,1H3,(H,19,23). The van der Waals surface area contributed by atoms with Gasteiger partial charge in [-0.2, -0.15) is 0 Å². The summed E-state index contributed by atoms with van der Waals surface area (Å²) in [5.74, 6) is -0.910. The van der Waals surface area contributed by atoms with E-state index < -0.39 is 5.82 Å². The molecule has 0 aromatic heterocycles. The van der Waals surface area contributed by atoms with E-state index in [1.54, 1.807) is 12.1 Å². The zero-order valence-electron chi connectivity index (χ0n) is 14.0. The lowest BCUT2D eigenvalue weighted by Crippen LogP contribution is -2.42. The molecule has 1 aromatic rings. The second kappa shape index (κ2) is 9.34. The highest BCUT2D eigenvalue weighted by atomic mass is 19.1. The van der Waals surface area contributed by atoms with Crippen molar-refractivity contribution in [3.63, 3.8) is 0 Å². The fourth-order valence-corrected chi connectivity index (χ4v) is 2.60. The normalized spacial score (nSPS) is 15.1. The van der Waals surface area contributed by atoms with Crippen LogP contribution in [-0.4, -0.2) is 62.7 Å². The molecule has 0 unspecified atom stereocenters. The maximum Gasteiger partial charge on any atom is 0.223 e. The zero-order valence-corrected chi connectivity index (χ0v) is 14.0. The first-order chi connectivity index (χ1) is 11.6. The summed E-state index contributed by atoms with van der Waals surface area (Å²) in [4.78, 5) is 27.2. The summed E-state index contributed by atoms with van der Waals surface area (Å²) in [6.07, 6.45) is 0.136. The summed E-state index contributed by atoms with van der Waals surface area (Å²) in [5, 5.41) is 2.84. The molecule has 2 amide bonds. The van der Waals surface area contributed by atoms with Gasteiger partial charge in [-0.05, 0) is 12.1 Å². The number of carbonyl (C=O) groups excluding carboxylic acids is 2. The van der Waals surface area contributed by atoms with Crippen molar-refractivity contribution < 1.29 is 18.7 Å². The van der Waals surface area contributed by atoms with E-state index in [4.69, 9.17) is 4.74 Å². The van der Waals surface area contributed by atoms with Crippen LogP contribution in [0.4, 0.5) is 10.1 Å². The molecule has 6 nitrogen and oxygen atoms in total. The number of halogens is 1. The second-order valence-electron chi connectivity index (χ2n) is 5.68. The highest BCUT2D eigenvalue weighted by molar-refractivity contribution is 5.92. The van der Waals surface area contributed by atoms with Gasteiger partial charge in [0.2, 0.25) is 11.8 Å². The van der Waals surface area contributed by atoms with E-state index in [1.807, 2.05) is 0 Å². The highest BCUT2D eigenvalue weighted by Crippen LogP contribution is 2.19. The molecule has 1 aromatic carbocycles. The van der Waals surface area contributed by atoms with E-state index in [2.05, 4.69) is 10.2 Å². The van der Waals surface area contributed by atoms with Crippen LogP contribution in [0.2, 0.25) is 0 Å². The van der Waals surface area contributed by atoms with Gasteiger partial charge in [-0.15, -0.1) is 0 Å². The minimum Gasteiger partial charge on any atom is -0.379 e. The quantitative estimate of drug-likeness (QED) is 0.807. The number of anilines is 1. The molecule has 0 radical (unpaired) electrons. The Morgan fingerprint density at radius 3 is 2.67 bits per heavy atom. The van der Waals surface area contributed by atoms with E-state index in [0.29, 0.717) is 6.54 Å². The third kappa shape index (κ3) is 5.58. The Labute approximate surface area is 141 Å². The Morgan fingerprint density at radius 1 is 1.29 bits per heavy atom. The maximum absolute atomic E-state index is 13.8. The first-order valence-electron chi connectivity index (χ1n) is 8.17. The SMILES string of the molecule is CC(=O)N(CCC(=O)NCCN1CCOCC1)c1ccccc1F. The molecular weight excluding hydrogens is 313 g/mol. The Bertz CT molecular complexity index is 562. The number of ether oxygens (including phenoxy) is 1. The number of hydrogen-bond acceptors (Lipinski definition) is 4. The number of para-hydroxylation sites is 1. The van der Waals surface area contributed by atoms with Crippen molar-refractivity contribution in [2.24, 2.45) is 0 Å². The van der Waals surface area contributed by atoms with Crippen LogP contribution in [0.5, 0.6) is 0 Å². The van der Waals surface area contributed by atoms with Gasteiger partial charge in [0.1, 0.15) is 5.82 Å². The average molecular weight is 337 g/mol. The zero-order chi connectivity index (χ0) is 17.4. The second-order valence-corrected chi connectivity index (χ2v) is 5.68. The van der Waals surface area contributed by atoms with Crippen molar-refractivity contribution in [1.29, 1.82) is 0 Å². The number of nitrogens with zero attached hydrogens (tertiary/aromatic N) is 2. The first-order valence-corrected chi connectivity index (χ1v) is 8.17. The molecule has 0 spiro atoms. The van der Waals surface area contributed by atoms with Crippen LogP contribution in [-0.2, 0) is 14.3 Å². The molecule has 24 heavy (non-hydrogen) atoms. The van der Waals surface area contributed by atoms with Crippen LogP contribution in [0, 0.1) is 5.82 Å². The monoisotopic (exact) mass is 337 g/mol. The van der Waals surface area contributed by atoms with Crippen LogP contribution in [0.15, 0.2) is 24.3 Å². The lowest BCUT2D eigenvalue weighted by atomic mass is 10.2. The molecule has 2 rings (SSSR count). The molecule has 0 bridgehead atoms. The predicted octanol–water partition coefficient (Wildman–Crippen LogP) is 1.02. The molecule has 1 aliphatic heterocycles. The summed E-state index contributed by atoms with van der Waals surface area (Å²) in [6.45, 7) is 6.05. The molecule has 1 heterocycles. The highest BCUT2D eigenvalue weighted by Gasteiger charge is 2.16. The van der Waals surface area contributed by atoms with Gasteiger partial charge in [0.15, 0.2) is 0 Å². The smallest absolute Gasteiger partial charge is 0.223 e. The number of amides is 2. The topological polar surface area (TPSA) is 61.9 Å². The van der Waals surface area contributed by atoms with Crippen molar-refractivity contribution in [2.75, 3.05) is 50.8 Å². The number of carbonyl (C=O) groups is 2. The van der Waals surface area contributed by atoms with Crippen molar-refractivity contribution >= 4 is 17.5 Å². The van der Waals surface area contributed by atoms with Gasteiger partial charge in [0, 0.05) is 46.1 Å². The molecule has 1 aliphatic rings. The largest absolute Gasteiger partial charge is 0.379 e. The van der Waals surface area contributed by atoms with Gasteiger partial charge in [-0.1, -0.05) is 12.1 Å². The third-order valence-corrected chi connectivity index (χ3v) is 3.94. The third-order valence-electron chi connectivity index (χ3n) is 3.94. The van der Waals surface area contributed by atoms with E-state index >= 15 is 0 Å². The van der Waals surface area contributed by atoms with Crippen molar-refractivity contribution in [2.45, 2.75) is 13.3 Å². The fraction of sp³-hybridized carbons (Fsp3) is 0.529. The molecule has 1 fully saturated rings. The lowest BCUT2D eigenvalue weighted by molar-refractivity contribution is -0.121. The van der Waals surface area contributed by atoms with Gasteiger partial charge in [-0.3, -0.25) is 14.5 Å². The fourth-order valence-electron chi connectivity index (χ4n) is 2.60. The van der Waals surface area contributed by atoms with Crippen LogP contribution >= 0.6 is 0 Å². The average Bonchev–Trinajstić information content (AvgIpc) is 2.57. The van der Waals surface area contributed by atoms with Crippen molar-refractivity contribution in [3.8, 4) is 0 Å². The molecule has 132 valence electrons. The number of rotatable bonds is 7. The molecular formula is C17H24FN3O3. The minimum absolute atomic E-state index is 0.136. The Hall–Kier alpha value is -1.99. The number of morpholine rings is 1. The summed E-state index contributed by atoms with van der Waals surface area (Å²) >= 11 is 0. The summed E-state index contributed by atoms with van der Waals surface area (Å²) in [5.41, 5.74) is 0.200. The predicted molar refractivity (Wildman–Crippen MR) is 89.3 cm³/mol. The Morgan fingerprint density at radius 2 is 2.00 bits per heavy atom. The molecule has 7 heteroatoms. The van der Waals surface area contributed by atoms with E-state index in [0.717, 1.165) is 32.8 Å². The summed E-state index contributed by atoms with van der Waals surface area (Å²) < 4.78 is 19.1. The van der Waals surface area contributed by atoms with E-state index in [1.165, 1.54) is 24.0 Å². The van der Waals surface area contributed by atoms with E-state index in [9.17, 15) is 14.0 Å². The van der Waals surface area contributed by atoms with Gasteiger partial charge < -0.3 is 15.0 Å². The molecule has 0 saturated carbocycles. The summed E-state index contributed by atoms with van der Waals surface area (Å²) in [6, 6.07) is 6.06. The molecule has 1 N–H and O–H groups in total. The van der Waals surface area contributed by atoms with Crippen LogP contribution in [0.3, 0.4) is 0 Å². The van der Waals surface area contributed by atoms with Gasteiger partial charge in [0.05, 0.1) is 18.9 Å². The van der Waals surface area contributed by atoms with Gasteiger partial charge in [0.25, 0.3) is 0 Å². The van der Waals surface area contributed by atoms with Crippen LogP contribution < -0.4 is 10.2 Å². The molecule has 0 aliphatic carbocycles. The number of benzene rings is 1. The van der Waals surface area contributed by atoms with Crippen molar-refractivity contribution in [1.82, 2.24) is 10.2 Å². The number of nitrogens with one attached hydrogen (secondary N) is 1. The lowest BCUT2D eigenvalue weighted by Gasteiger charge is -2.26. The molecule has 1 saturated heterocycles. The van der Waals surface area contributed by atoms with E-state index in [-0.39, 0.29) is 30.5 Å². The van der Waals surface area contributed by atoms with Crippen LogP contribution in [0.1, 0.15) is 13.3 Å². The van der Waals surface area contributed by atoms with Gasteiger partial charge in [-0.25, -0.2) is 4.39 Å².